The number of halogens is 1. The van der Waals surface area contributed by atoms with Gasteiger partial charge in [0.1, 0.15) is 0 Å². The van der Waals surface area contributed by atoms with E-state index < -0.39 is 0 Å². The van der Waals surface area contributed by atoms with Crippen LogP contribution in [-0.4, -0.2) is 17.0 Å². The Hall–Kier alpha value is 0.250. The van der Waals surface area contributed by atoms with E-state index in [0.717, 1.165) is 6.54 Å². The Morgan fingerprint density at radius 3 is 1.78 bits per heavy atom. The van der Waals surface area contributed by atoms with Crippen LogP contribution in [0.15, 0.2) is 0 Å². The molecule has 0 saturated heterocycles. The van der Waals surface area contributed by atoms with E-state index in [4.69, 9.17) is 11.8 Å². The van der Waals surface area contributed by atoms with Crippen molar-refractivity contribution >= 4 is 11.8 Å². The number of hydrogen-bond acceptors (Lipinski definition) is 1. The minimum atomic E-state index is 0.453. The highest BCUT2D eigenvalue weighted by atomic mass is 35.5. The molecule has 0 aliphatic carbocycles. The van der Waals surface area contributed by atoms with Gasteiger partial charge in [-0.1, -0.05) is 13.8 Å². The van der Waals surface area contributed by atoms with Gasteiger partial charge in [0, 0.05) is 12.6 Å². The van der Waals surface area contributed by atoms with Gasteiger partial charge in [0.15, 0.2) is 0 Å². The molecule has 0 atom stereocenters. The molecule has 0 aliphatic rings. The zero-order valence-electron chi connectivity index (χ0n) is 6.69. The number of nitrogens with zero attached hydrogens (tertiary/aromatic N) is 1. The predicted octanol–water partition coefficient (Wildman–Crippen LogP) is 2.51. The van der Waals surface area contributed by atoms with E-state index in [2.05, 4.69) is 27.7 Å². The lowest BCUT2D eigenvalue weighted by Crippen LogP contribution is -2.24. The fourth-order valence-corrected chi connectivity index (χ4v) is 0.836. The van der Waals surface area contributed by atoms with Crippen LogP contribution in [0.4, 0.5) is 0 Å². The van der Waals surface area contributed by atoms with Gasteiger partial charge in [0.25, 0.3) is 0 Å². The van der Waals surface area contributed by atoms with Crippen molar-refractivity contribution in [1.29, 1.82) is 0 Å². The third kappa shape index (κ3) is 4.73. The highest BCUT2D eigenvalue weighted by Crippen LogP contribution is 2.05. The molecule has 1 nitrogen and oxygen atoms in total. The average molecular weight is 150 g/mol. The van der Waals surface area contributed by atoms with Gasteiger partial charge in [-0.05, 0) is 31.5 Å². The maximum absolute atomic E-state index is 5.84. The molecule has 0 spiro atoms. The topological polar surface area (TPSA) is 3.24 Å². The summed E-state index contributed by atoms with van der Waals surface area (Å²) < 4.78 is 1.84. The van der Waals surface area contributed by atoms with Crippen LogP contribution >= 0.6 is 11.8 Å². The second kappa shape index (κ2) is 4.13. The molecule has 0 fully saturated rings. The van der Waals surface area contributed by atoms with E-state index in [0.29, 0.717) is 12.0 Å². The van der Waals surface area contributed by atoms with Crippen LogP contribution in [0.1, 0.15) is 27.7 Å². The smallest absolute Gasteiger partial charge is 0.0195 e. The van der Waals surface area contributed by atoms with E-state index in [1.807, 2.05) is 4.42 Å². The third-order valence-electron chi connectivity index (χ3n) is 1.10. The fourth-order valence-electron chi connectivity index (χ4n) is 0.560. The minimum Gasteiger partial charge on any atom is -0.217 e. The summed E-state index contributed by atoms with van der Waals surface area (Å²) in [5.41, 5.74) is 0. The van der Waals surface area contributed by atoms with Crippen molar-refractivity contribution in [3.63, 3.8) is 0 Å². The summed E-state index contributed by atoms with van der Waals surface area (Å²) in [5, 5.41) is 0. The van der Waals surface area contributed by atoms with Gasteiger partial charge in [0.05, 0.1) is 0 Å². The van der Waals surface area contributed by atoms with Crippen molar-refractivity contribution in [1.82, 2.24) is 4.42 Å². The van der Waals surface area contributed by atoms with Gasteiger partial charge >= 0.3 is 0 Å². The Kier molecular flexibility index (Phi) is 4.24. The molecule has 9 heavy (non-hydrogen) atoms. The Bertz CT molecular complexity index is 71.3. The summed E-state index contributed by atoms with van der Waals surface area (Å²) in [6, 6.07) is 0.453. The molecule has 0 aromatic rings. The highest BCUT2D eigenvalue weighted by Gasteiger charge is 2.06. The molecule has 0 amide bonds. The van der Waals surface area contributed by atoms with Crippen LogP contribution in [0.5, 0.6) is 0 Å². The molecule has 56 valence electrons. The van der Waals surface area contributed by atoms with Gasteiger partial charge in [-0.25, -0.2) is 4.42 Å². The Balaban J connectivity index is 3.38. The van der Waals surface area contributed by atoms with Crippen LogP contribution in [0.3, 0.4) is 0 Å². The van der Waals surface area contributed by atoms with Crippen molar-refractivity contribution in [3.8, 4) is 0 Å². The minimum absolute atomic E-state index is 0.453. The zero-order valence-corrected chi connectivity index (χ0v) is 7.44. The van der Waals surface area contributed by atoms with Gasteiger partial charge in [-0.3, -0.25) is 0 Å². The SMILES string of the molecule is CC(C)CN(Cl)C(C)C. The molecule has 0 N–H and O–H groups in total. The molecule has 0 heterocycles. The first-order valence-electron chi connectivity index (χ1n) is 3.46. The van der Waals surface area contributed by atoms with E-state index in [1.54, 1.807) is 0 Å². The summed E-state index contributed by atoms with van der Waals surface area (Å²) in [4.78, 5) is 0. The van der Waals surface area contributed by atoms with E-state index in [-0.39, 0.29) is 0 Å². The maximum atomic E-state index is 5.84. The first-order valence-corrected chi connectivity index (χ1v) is 3.80. The lowest BCUT2D eigenvalue weighted by Gasteiger charge is -2.19. The molecular formula is C7H16ClN. The van der Waals surface area contributed by atoms with Crippen molar-refractivity contribution < 1.29 is 0 Å². The molecule has 0 aromatic heterocycles. The van der Waals surface area contributed by atoms with Crippen LogP contribution in [-0.2, 0) is 0 Å². The molecule has 0 bridgehead atoms. The molecular weight excluding hydrogens is 134 g/mol. The lowest BCUT2D eigenvalue weighted by atomic mass is 10.2. The van der Waals surface area contributed by atoms with Crippen molar-refractivity contribution in [2.45, 2.75) is 33.7 Å². The lowest BCUT2D eigenvalue weighted by molar-refractivity contribution is 0.338. The second-order valence-electron chi connectivity index (χ2n) is 3.07. The molecule has 0 aliphatic heterocycles. The van der Waals surface area contributed by atoms with Crippen LogP contribution in [0, 0.1) is 5.92 Å². The third-order valence-corrected chi connectivity index (χ3v) is 1.63. The first-order chi connectivity index (χ1) is 4.04. The second-order valence-corrected chi connectivity index (χ2v) is 3.50. The molecule has 0 rings (SSSR count). The predicted molar refractivity (Wildman–Crippen MR) is 42.5 cm³/mol. The standard InChI is InChI=1S/C7H16ClN/c1-6(2)5-9(8)7(3)4/h6-7H,5H2,1-4H3. The van der Waals surface area contributed by atoms with E-state index >= 15 is 0 Å². The quantitative estimate of drug-likeness (QED) is 0.558. The largest absolute Gasteiger partial charge is 0.217 e. The zero-order chi connectivity index (χ0) is 7.44. The summed E-state index contributed by atoms with van der Waals surface area (Å²) in [7, 11) is 0. The van der Waals surface area contributed by atoms with Crippen LogP contribution in [0.25, 0.3) is 0 Å². The van der Waals surface area contributed by atoms with Crippen LogP contribution < -0.4 is 0 Å². The summed E-state index contributed by atoms with van der Waals surface area (Å²) in [5.74, 6) is 0.657. The van der Waals surface area contributed by atoms with Crippen LogP contribution in [0.2, 0.25) is 0 Å². The first kappa shape index (κ1) is 9.25. The Morgan fingerprint density at radius 1 is 1.22 bits per heavy atom. The fraction of sp³-hybridized carbons (Fsp3) is 1.00. The molecule has 0 saturated carbocycles. The average Bonchev–Trinajstić information content (AvgIpc) is 1.63. The van der Waals surface area contributed by atoms with E-state index in [1.165, 1.54) is 0 Å². The Labute approximate surface area is 63.1 Å². The molecule has 2 heteroatoms. The van der Waals surface area contributed by atoms with Crippen molar-refractivity contribution in [3.05, 3.63) is 0 Å². The normalized spacial score (nSPS) is 12.0. The summed E-state index contributed by atoms with van der Waals surface area (Å²) in [6.07, 6.45) is 0. The monoisotopic (exact) mass is 149 g/mol. The van der Waals surface area contributed by atoms with E-state index in [9.17, 15) is 0 Å². The summed E-state index contributed by atoms with van der Waals surface area (Å²) in [6.45, 7) is 9.49. The van der Waals surface area contributed by atoms with Crippen molar-refractivity contribution in [2.24, 2.45) is 5.92 Å². The van der Waals surface area contributed by atoms with Gasteiger partial charge in [0.2, 0.25) is 0 Å². The Morgan fingerprint density at radius 2 is 1.67 bits per heavy atom. The van der Waals surface area contributed by atoms with Gasteiger partial charge < -0.3 is 0 Å². The van der Waals surface area contributed by atoms with Gasteiger partial charge in [-0.15, -0.1) is 0 Å². The molecule has 0 aromatic carbocycles. The maximum Gasteiger partial charge on any atom is 0.0195 e. The van der Waals surface area contributed by atoms with Crippen molar-refractivity contribution in [2.75, 3.05) is 6.54 Å². The molecule has 0 radical (unpaired) electrons. The summed E-state index contributed by atoms with van der Waals surface area (Å²) >= 11 is 5.84. The number of rotatable bonds is 3. The highest BCUT2D eigenvalue weighted by molar-refractivity contribution is 6.13. The number of hydrogen-bond donors (Lipinski definition) is 0. The molecule has 0 unspecified atom stereocenters. The van der Waals surface area contributed by atoms with Gasteiger partial charge in [-0.2, -0.15) is 0 Å².